The number of aromatic nitrogens is 3. The Balaban J connectivity index is 1.54. The minimum Gasteiger partial charge on any atom is -0.444 e. The molecule has 5 rings (SSSR count). The lowest BCUT2D eigenvalue weighted by molar-refractivity contribution is 0.0281. The van der Waals surface area contributed by atoms with Crippen LogP contribution in [0.2, 0.25) is 0 Å². The number of carbonyl (C=O) groups excluding carboxylic acids is 1. The number of halogens is 1. The molecule has 0 saturated heterocycles. The standard InChI is InChI=1S/C28H27FN4O4S/c1-28(2,3)37-27(34)32(4)17-26-30-23-13-10-18(14-24(23)31-26)22-16-33(25-15-19(29)11-12-21(22)25)38(35,36)20-8-6-5-7-9-20/h5-16H,17H2,1-4H3,(H,30,31). The third kappa shape index (κ3) is 4.87. The highest BCUT2D eigenvalue weighted by Crippen LogP contribution is 2.34. The fourth-order valence-corrected chi connectivity index (χ4v) is 5.62. The van der Waals surface area contributed by atoms with Gasteiger partial charge in [-0.3, -0.25) is 0 Å². The molecule has 5 aromatic rings. The van der Waals surface area contributed by atoms with Crippen molar-refractivity contribution in [2.24, 2.45) is 0 Å². The molecule has 0 spiro atoms. The quantitative estimate of drug-likeness (QED) is 0.302. The van der Waals surface area contributed by atoms with Crippen LogP contribution in [0.5, 0.6) is 0 Å². The second-order valence-electron chi connectivity index (χ2n) is 10.1. The summed E-state index contributed by atoms with van der Waals surface area (Å²) in [6.45, 7) is 5.63. The number of hydrogen-bond donors (Lipinski definition) is 1. The molecule has 1 N–H and O–H groups in total. The lowest BCUT2D eigenvalue weighted by Gasteiger charge is -2.24. The molecule has 3 aromatic carbocycles. The Bertz CT molecular complexity index is 1770. The van der Waals surface area contributed by atoms with Crippen LogP contribution in [-0.2, 0) is 21.3 Å². The number of aromatic amines is 1. The van der Waals surface area contributed by atoms with Gasteiger partial charge in [0, 0.05) is 24.2 Å². The first-order chi connectivity index (χ1) is 17.9. The van der Waals surface area contributed by atoms with Crippen molar-refractivity contribution in [2.75, 3.05) is 7.05 Å². The first-order valence-corrected chi connectivity index (χ1v) is 13.4. The summed E-state index contributed by atoms with van der Waals surface area (Å²) in [7, 11) is -2.33. The number of nitrogens with one attached hydrogen (secondary N) is 1. The Kier molecular flexibility index (Phi) is 6.22. The van der Waals surface area contributed by atoms with E-state index in [1.54, 1.807) is 52.1 Å². The lowest BCUT2D eigenvalue weighted by atomic mass is 10.0. The summed E-state index contributed by atoms with van der Waals surface area (Å²) >= 11 is 0. The average molecular weight is 535 g/mol. The lowest BCUT2D eigenvalue weighted by Crippen LogP contribution is -2.34. The Labute approximate surface area is 219 Å². The third-order valence-electron chi connectivity index (χ3n) is 5.97. The van der Waals surface area contributed by atoms with E-state index in [0.29, 0.717) is 27.8 Å². The van der Waals surface area contributed by atoms with Crippen LogP contribution in [0, 0.1) is 5.82 Å². The van der Waals surface area contributed by atoms with Crippen molar-refractivity contribution in [1.29, 1.82) is 0 Å². The summed E-state index contributed by atoms with van der Waals surface area (Å²) in [6.07, 6.45) is 1.06. The van der Waals surface area contributed by atoms with Gasteiger partial charge in [0.15, 0.2) is 0 Å². The van der Waals surface area contributed by atoms with Gasteiger partial charge in [0.2, 0.25) is 0 Å². The minimum atomic E-state index is -3.96. The molecule has 0 unspecified atom stereocenters. The second kappa shape index (κ2) is 9.29. The van der Waals surface area contributed by atoms with Gasteiger partial charge in [0.1, 0.15) is 17.2 Å². The number of benzene rings is 3. The van der Waals surface area contributed by atoms with E-state index in [-0.39, 0.29) is 17.0 Å². The monoisotopic (exact) mass is 534 g/mol. The molecule has 1 amide bonds. The van der Waals surface area contributed by atoms with E-state index in [2.05, 4.69) is 9.97 Å². The number of nitrogens with zero attached hydrogens (tertiary/aromatic N) is 3. The van der Waals surface area contributed by atoms with Crippen LogP contribution in [-0.4, -0.2) is 46.0 Å². The number of imidazole rings is 1. The van der Waals surface area contributed by atoms with Crippen LogP contribution in [0.25, 0.3) is 33.1 Å². The van der Waals surface area contributed by atoms with E-state index in [0.717, 1.165) is 9.54 Å². The predicted molar refractivity (Wildman–Crippen MR) is 144 cm³/mol. The van der Waals surface area contributed by atoms with Gasteiger partial charge in [-0.1, -0.05) is 24.3 Å². The first kappa shape index (κ1) is 25.5. The first-order valence-electron chi connectivity index (χ1n) is 12.0. The minimum absolute atomic E-state index is 0.107. The molecule has 0 aliphatic rings. The van der Waals surface area contributed by atoms with E-state index in [4.69, 9.17) is 4.74 Å². The number of carbonyl (C=O) groups is 1. The topological polar surface area (TPSA) is 97.3 Å². The van der Waals surface area contributed by atoms with Crippen molar-refractivity contribution in [3.63, 3.8) is 0 Å². The number of rotatable bonds is 5. The third-order valence-corrected chi connectivity index (χ3v) is 7.66. The van der Waals surface area contributed by atoms with Crippen LogP contribution in [0.1, 0.15) is 26.6 Å². The van der Waals surface area contributed by atoms with Gasteiger partial charge in [-0.05, 0) is 68.8 Å². The largest absolute Gasteiger partial charge is 0.444 e. The SMILES string of the molecule is CN(Cc1nc2ccc(-c3cn(S(=O)(=O)c4ccccc4)c4cc(F)ccc34)cc2[nH]1)C(=O)OC(C)(C)C. The fourth-order valence-electron chi connectivity index (χ4n) is 4.24. The number of ether oxygens (including phenoxy) is 1. The highest BCUT2D eigenvalue weighted by molar-refractivity contribution is 7.90. The van der Waals surface area contributed by atoms with Crippen molar-refractivity contribution in [2.45, 2.75) is 37.8 Å². The van der Waals surface area contributed by atoms with Gasteiger partial charge in [0.05, 0.1) is 28.0 Å². The highest BCUT2D eigenvalue weighted by Gasteiger charge is 2.23. The number of amides is 1. The summed E-state index contributed by atoms with van der Waals surface area (Å²) < 4.78 is 47.6. The van der Waals surface area contributed by atoms with E-state index < -0.39 is 27.5 Å². The van der Waals surface area contributed by atoms with Crippen molar-refractivity contribution >= 4 is 38.1 Å². The zero-order valence-electron chi connectivity index (χ0n) is 21.4. The number of fused-ring (bicyclic) bond motifs is 2. The highest BCUT2D eigenvalue weighted by atomic mass is 32.2. The molecule has 0 fully saturated rings. The Morgan fingerprint density at radius 1 is 1.08 bits per heavy atom. The van der Waals surface area contributed by atoms with Crippen LogP contribution in [0.15, 0.2) is 77.8 Å². The Morgan fingerprint density at radius 2 is 1.82 bits per heavy atom. The van der Waals surface area contributed by atoms with Gasteiger partial charge in [-0.2, -0.15) is 0 Å². The average Bonchev–Trinajstić information content (AvgIpc) is 3.43. The molecule has 0 aliphatic heterocycles. The van der Waals surface area contributed by atoms with Gasteiger partial charge in [0.25, 0.3) is 10.0 Å². The smallest absolute Gasteiger partial charge is 0.410 e. The molecular weight excluding hydrogens is 507 g/mol. The van der Waals surface area contributed by atoms with Crippen LogP contribution >= 0.6 is 0 Å². The summed E-state index contributed by atoms with van der Waals surface area (Å²) in [5, 5.41) is 0.592. The molecule has 0 bridgehead atoms. The van der Waals surface area contributed by atoms with E-state index in [1.807, 2.05) is 18.2 Å². The van der Waals surface area contributed by atoms with Crippen LogP contribution < -0.4 is 0 Å². The van der Waals surface area contributed by atoms with Crippen molar-refractivity contribution < 1.29 is 22.3 Å². The van der Waals surface area contributed by atoms with Crippen molar-refractivity contribution in [3.8, 4) is 11.1 Å². The van der Waals surface area contributed by atoms with E-state index in [9.17, 15) is 17.6 Å². The predicted octanol–water partition coefficient (Wildman–Crippen LogP) is 5.93. The van der Waals surface area contributed by atoms with E-state index in [1.165, 1.54) is 35.4 Å². The maximum Gasteiger partial charge on any atom is 0.410 e. The molecule has 38 heavy (non-hydrogen) atoms. The summed E-state index contributed by atoms with van der Waals surface area (Å²) in [6, 6.07) is 17.7. The van der Waals surface area contributed by atoms with Crippen molar-refractivity contribution in [3.05, 3.63) is 84.6 Å². The maximum absolute atomic E-state index is 14.2. The molecule has 0 radical (unpaired) electrons. The van der Waals surface area contributed by atoms with Gasteiger partial charge in [-0.25, -0.2) is 26.6 Å². The molecule has 0 aliphatic carbocycles. The fraction of sp³-hybridized carbons (Fsp3) is 0.214. The molecule has 2 aromatic heterocycles. The van der Waals surface area contributed by atoms with Crippen LogP contribution in [0.3, 0.4) is 0 Å². The molecule has 8 nitrogen and oxygen atoms in total. The Morgan fingerprint density at radius 3 is 2.53 bits per heavy atom. The zero-order chi connectivity index (χ0) is 27.2. The molecule has 2 heterocycles. The van der Waals surface area contributed by atoms with Crippen molar-refractivity contribution in [1.82, 2.24) is 18.8 Å². The van der Waals surface area contributed by atoms with Crippen LogP contribution in [0.4, 0.5) is 9.18 Å². The Hall–Kier alpha value is -4.18. The summed E-state index contributed by atoms with van der Waals surface area (Å²) in [5.41, 5.74) is 2.39. The van der Waals surface area contributed by atoms with Gasteiger partial charge in [-0.15, -0.1) is 0 Å². The zero-order valence-corrected chi connectivity index (χ0v) is 22.2. The summed E-state index contributed by atoms with van der Waals surface area (Å²) in [5.74, 6) is 0.0381. The summed E-state index contributed by atoms with van der Waals surface area (Å²) in [4.78, 5) is 21.7. The molecule has 10 heteroatoms. The molecule has 196 valence electrons. The molecule has 0 saturated carbocycles. The number of hydrogen-bond acceptors (Lipinski definition) is 5. The van der Waals surface area contributed by atoms with E-state index >= 15 is 0 Å². The molecule has 0 atom stereocenters. The maximum atomic E-state index is 14.2. The second-order valence-corrected chi connectivity index (χ2v) is 11.9. The molecular formula is C28H27FN4O4S. The van der Waals surface area contributed by atoms with Gasteiger partial charge < -0.3 is 14.6 Å². The normalized spacial score (nSPS) is 12.2. The number of H-pyrrole nitrogens is 1. The van der Waals surface area contributed by atoms with Gasteiger partial charge >= 0.3 is 6.09 Å².